The summed E-state index contributed by atoms with van der Waals surface area (Å²) in [6, 6.07) is 8.57. The molecule has 0 spiro atoms. The second-order valence-electron chi connectivity index (χ2n) is 7.96. The highest BCUT2D eigenvalue weighted by molar-refractivity contribution is 6.33. The van der Waals surface area contributed by atoms with Crippen molar-refractivity contribution in [3.63, 3.8) is 0 Å². The Balaban J connectivity index is 1.94. The molecule has 136 valence electrons. The smallest absolute Gasteiger partial charge is 0.0983 e. The van der Waals surface area contributed by atoms with Gasteiger partial charge in [-0.05, 0) is 53.3 Å². The number of likely N-dealkylation sites (N-methyl/N-ethyl adjacent to an activating group) is 1. The monoisotopic (exact) mass is 360 g/mol. The van der Waals surface area contributed by atoms with Crippen LogP contribution >= 0.6 is 11.6 Å². The Kier molecular flexibility index (Phi) is 5.52. The molecule has 1 atom stereocenters. The van der Waals surface area contributed by atoms with E-state index in [-0.39, 0.29) is 5.54 Å². The third kappa shape index (κ3) is 4.25. The van der Waals surface area contributed by atoms with Gasteiger partial charge in [-0.1, -0.05) is 29.8 Å². The van der Waals surface area contributed by atoms with Crippen LogP contribution in [0.5, 0.6) is 0 Å². The van der Waals surface area contributed by atoms with E-state index in [0.29, 0.717) is 6.04 Å². The van der Waals surface area contributed by atoms with Crippen LogP contribution in [0.4, 0.5) is 0 Å². The second kappa shape index (κ2) is 7.48. The fourth-order valence-corrected chi connectivity index (χ4v) is 3.65. The maximum atomic E-state index is 6.47. The standard InChI is InChI=1S/C20H29ClN4/c1-20(2,3)25-13-15(12-24-11-7-8-16(14-24)22-4)19(23-25)17-9-5-6-10-18(17)21/h5-6,9-10,13,16,22H,7-8,11-12,14H2,1-4H3. The largest absolute Gasteiger partial charge is 0.316 e. The van der Waals surface area contributed by atoms with Gasteiger partial charge < -0.3 is 5.32 Å². The lowest BCUT2D eigenvalue weighted by molar-refractivity contribution is 0.188. The molecule has 5 heteroatoms. The lowest BCUT2D eigenvalue weighted by Crippen LogP contribution is -2.43. The van der Waals surface area contributed by atoms with Gasteiger partial charge in [-0.15, -0.1) is 0 Å². The third-order valence-corrected chi connectivity index (χ3v) is 5.24. The molecular formula is C20H29ClN4. The fraction of sp³-hybridized carbons (Fsp3) is 0.550. The summed E-state index contributed by atoms with van der Waals surface area (Å²) in [6.07, 6.45) is 4.69. The summed E-state index contributed by atoms with van der Waals surface area (Å²) in [5, 5.41) is 9.09. The molecule has 1 aliphatic heterocycles. The van der Waals surface area contributed by atoms with Crippen LogP contribution in [0.1, 0.15) is 39.2 Å². The van der Waals surface area contributed by atoms with E-state index >= 15 is 0 Å². The molecule has 1 N–H and O–H groups in total. The van der Waals surface area contributed by atoms with E-state index in [1.165, 1.54) is 18.4 Å². The summed E-state index contributed by atoms with van der Waals surface area (Å²) >= 11 is 6.47. The van der Waals surface area contributed by atoms with Crippen molar-refractivity contribution in [2.75, 3.05) is 20.1 Å². The highest BCUT2D eigenvalue weighted by Gasteiger charge is 2.24. The zero-order chi connectivity index (χ0) is 18.0. The molecule has 0 saturated carbocycles. The SMILES string of the molecule is CNC1CCCN(Cc2cn(C(C)(C)C)nc2-c2ccccc2Cl)C1. The normalized spacial score (nSPS) is 19.3. The maximum absolute atomic E-state index is 6.47. The van der Waals surface area contributed by atoms with Gasteiger partial charge in [0.1, 0.15) is 0 Å². The zero-order valence-corrected chi connectivity index (χ0v) is 16.5. The molecule has 1 unspecified atom stereocenters. The number of likely N-dealkylation sites (tertiary alicyclic amines) is 1. The molecule has 0 radical (unpaired) electrons. The van der Waals surface area contributed by atoms with Gasteiger partial charge in [0.2, 0.25) is 0 Å². The molecule has 2 heterocycles. The van der Waals surface area contributed by atoms with E-state index in [4.69, 9.17) is 16.7 Å². The molecule has 1 fully saturated rings. The number of hydrogen-bond donors (Lipinski definition) is 1. The van der Waals surface area contributed by atoms with Crippen LogP contribution in [0.3, 0.4) is 0 Å². The number of rotatable bonds is 4. The number of hydrogen-bond acceptors (Lipinski definition) is 3. The van der Waals surface area contributed by atoms with Crippen molar-refractivity contribution in [3.8, 4) is 11.3 Å². The number of nitrogens with one attached hydrogen (secondary N) is 1. The van der Waals surface area contributed by atoms with Crippen molar-refractivity contribution in [2.45, 2.75) is 51.7 Å². The van der Waals surface area contributed by atoms with Crippen LogP contribution in [0, 0.1) is 0 Å². The number of halogens is 1. The van der Waals surface area contributed by atoms with Gasteiger partial charge in [-0.3, -0.25) is 9.58 Å². The molecular weight excluding hydrogens is 332 g/mol. The predicted molar refractivity (Wildman–Crippen MR) is 105 cm³/mol. The van der Waals surface area contributed by atoms with Crippen LogP contribution in [0.2, 0.25) is 5.02 Å². The molecule has 0 bridgehead atoms. The van der Waals surface area contributed by atoms with Crippen molar-refractivity contribution in [3.05, 3.63) is 41.0 Å². The number of nitrogens with zero attached hydrogens (tertiary/aromatic N) is 3. The summed E-state index contributed by atoms with van der Waals surface area (Å²) in [5.74, 6) is 0. The quantitative estimate of drug-likeness (QED) is 0.889. The van der Waals surface area contributed by atoms with Gasteiger partial charge in [0, 0.05) is 36.5 Å². The molecule has 25 heavy (non-hydrogen) atoms. The number of aromatic nitrogens is 2. The summed E-state index contributed by atoms with van der Waals surface area (Å²) < 4.78 is 2.07. The average molecular weight is 361 g/mol. The molecule has 1 saturated heterocycles. The highest BCUT2D eigenvalue weighted by Crippen LogP contribution is 2.31. The Morgan fingerprint density at radius 3 is 2.72 bits per heavy atom. The van der Waals surface area contributed by atoms with Crippen molar-refractivity contribution in [1.29, 1.82) is 0 Å². The van der Waals surface area contributed by atoms with Crippen molar-refractivity contribution >= 4 is 11.6 Å². The number of benzene rings is 1. The van der Waals surface area contributed by atoms with Crippen LogP contribution in [-0.2, 0) is 12.1 Å². The Morgan fingerprint density at radius 1 is 1.28 bits per heavy atom. The summed E-state index contributed by atoms with van der Waals surface area (Å²) in [6.45, 7) is 9.67. The molecule has 4 nitrogen and oxygen atoms in total. The van der Waals surface area contributed by atoms with Crippen molar-refractivity contribution < 1.29 is 0 Å². The predicted octanol–water partition coefficient (Wildman–Crippen LogP) is 4.14. The van der Waals surface area contributed by atoms with E-state index in [1.54, 1.807) is 0 Å². The first kappa shape index (κ1) is 18.4. The molecule has 3 rings (SSSR count). The summed E-state index contributed by atoms with van der Waals surface area (Å²) in [7, 11) is 2.06. The van der Waals surface area contributed by atoms with Gasteiger partial charge in [-0.2, -0.15) is 5.10 Å². The first-order chi connectivity index (χ1) is 11.9. The van der Waals surface area contributed by atoms with Gasteiger partial charge in [-0.25, -0.2) is 0 Å². The lowest BCUT2D eigenvalue weighted by atomic mass is 10.0. The van der Waals surface area contributed by atoms with Gasteiger partial charge >= 0.3 is 0 Å². The fourth-order valence-electron chi connectivity index (χ4n) is 3.42. The van der Waals surface area contributed by atoms with E-state index in [1.807, 2.05) is 18.2 Å². The Labute approximate surface area is 156 Å². The van der Waals surface area contributed by atoms with Crippen LogP contribution in [0.25, 0.3) is 11.3 Å². The lowest BCUT2D eigenvalue weighted by Gasteiger charge is -2.32. The Morgan fingerprint density at radius 2 is 2.04 bits per heavy atom. The van der Waals surface area contributed by atoms with Crippen LogP contribution in [-0.4, -0.2) is 40.9 Å². The zero-order valence-electron chi connectivity index (χ0n) is 15.7. The minimum Gasteiger partial charge on any atom is -0.316 e. The summed E-state index contributed by atoms with van der Waals surface area (Å²) in [5.41, 5.74) is 3.22. The molecule has 1 aromatic heterocycles. The van der Waals surface area contributed by atoms with E-state index in [9.17, 15) is 0 Å². The topological polar surface area (TPSA) is 33.1 Å². The van der Waals surface area contributed by atoms with Gasteiger partial charge in [0.15, 0.2) is 0 Å². The Bertz CT molecular complexity index is 717. The highest BCUT2D eigenvalue weighted by atomic mass is 35.5. The maximum Gasteiger partial charge on any atom is 0.0983 e. The molecule has 1 aromatic carbocycles. The minimum absolute atomic E-state index is 0.0519. The third-order valence-electron chi connectivity index (χ3n) is 4.91. The van der Waals surface area contributed by atoms with Crippen LogP contribution < -0.4 is 5.32 Å². The average Bonchev–Trinajstić information content (AvgIpc) is 2.99. The van der Waals surface area contributed by atoms with E-state index in [2.05, 4.69) is 55.0 Å². The molecule has 0 amide bonds. The molecule has 0 aliphatic carbocycles. The van der Waals surface area contributed by atoms with Crippen molar-refractivity contribution in [2.24, 2.45) is 0 Å². The molecule has 2 aromatic rings. The second-order valence-corrected chi connectivity index (χ2v) is 8.37. The van der Waals surface area contributed by atoms with Crippen LogP contribution in [0.15, 0.2) is 30.5 Å². The van der Waals surface area contributed by atoms with Gasteiger partial charge in [0.25, 0.3) is 0 Å². The first-order valence-electron chi connectivity index (χ1n) is 9.12. The first-order valence-corrected chi connectivity index (χ1v) is 9.50. The van der Waals surface area contributed by atoms with E-state index < -0.39 is 0 Å². The summed E-state index contributed by atoms with van der Waals surface area (Å²) in [4.78, 5) is 2.52. The Hall–Kier alpha value is -1.36. The van der Waals surface area contributed by atoms with Gasteiger partial charge in [0.05, 0.1) is 16.3 Å². The molecule has 1 aliphatic rings. The number of piperidine rings is 1. The minimum atomic E-state index is -0.0519. The van der Waals surface area contributed by atoms with Crippen molar-refractivity contribution in [1.82, 2.24) is 20.0 Å². The van der Waals surface area contributed by atoms with E-state index in [0.717, 1.165) is 35.9 Å².